The summed E-state index contributed by atoms with van der Waals surface area (Å²) in [5.74, 6) is 1.59. The van der Waals surface area contributed by atoms with E-state index in [9.17, 15) is 0 Å². The number of aliphatic hydroxyl groups excluding tert-OH is 1. The molecule has 0 atom stereocenters. The number of benzene rings is 1. The molecular weight excluding hydrogens is 508 g/mol. The molecule has 41 heavy (non-hydrogen) atoms. The van der Waals surface area contributed by atoms with Crippen LogP contribution >= 0.6 is 0 Å². The molecule has 1 spiro atoms. The highest BCUT2D eigenvalue weighted by Crippen LogP contribution is 2.46. The number of β-amino-alcohol motifs (C(OH)–C–C–N with tert-alkyl or cyclic N) is 1. The van der Waals surface area contributed by atoms with Gasteiger partial charge in [0, 0.05) is 73.4 Å². The van der Waals surface area contributed by atoms with Crippen LogP contribution in [0.4, 0.5) is 0 Å². The van der Waals surface area contributed by atoms with E-state index < -0.39 is 0 Å². The van der Waals surface area contributed by atoms with Crippen molar-refractivity contribution in [3.05, 3.63) is 73.0 Å². The zero-order valence-corrected chi connectivity index (χ0v) is 25.8. The standard InChI is InChI=1S/C19H19N5.C13H23NO.C2H6/c1-4-14(9-20-2)17-10-21-19(22-11-17)16-7-5-6-15(8-16)18-12-23-24(3)13-18;1-11-3-6-13(7-4-11)8-5-12(2)14(13)9-10-15;1-2/h4-13H,1-3H3;11,15H,2-10H2,1H3;1-2H3/b14-4+,20-9?;;. The van der Waals surface area contributed by atoms with Crippen LogP contribution in [-0.4, -0.2) is 61.7 Å². The Morgan fingerprint density at radius 2 is 1.78 bits per heavy atom. The molecule has 1 aromatic carbocycles. The van der Waals surface area contributed by atoms with Gasteiger partial charge >= 0.3 is 0 Å². The number of aryl methyl sites for hydroxylation is 1. The molecule has 0 radical (unpaired) electrons. The summed E-state index contributed by atoms with van der Waals surface area (Å²) < 4.78 is 1.79. The average Bonchev–Trinajstić information content (AvgIpc) is 3.58. The molecule has 1 saturated heterocycles. The van der Waals surface area contributed by atoms with Crippen molar-refractivity contribution in [2.24, 2.45) is 18.0 Å². The third-order valence-electron chi connectivity index (χ3n) is 8.09. The Morgan fingerprint density at radius 3 is 2.37 bits per heavy atom. The predicted molar refractivity (Wildman–Crippen MR) is 172 cm³/mol. The van der Waals surface area contributed by atoms with Gasteiger partial charge < -0.3 is 10.0 Å². The molecular formula is C34H48N6O. The monoisotopic (exact) mass is 556 g/mol. The maximum atomic E-state index is 9.13. The minimum atomic E-state index is 0.260. The molecule has 2 aliphatic rings. The molecule has 1 aliphatic heterocycles. The van der Waals surface area contributed by atoms with Crippen LogP contribution in [0.1, 0.15) is 71.8 Å². The van der Waals surface area contributed by atoms with Gasteiger partial charge in [-0.1, -0.05) is 51.6 Å². The molecule has 2 aromatic heterocycles. The zero-order chi connectivity index (χ0) is 29.8. The highest BCUT2D eigenvalue weighted by molar-refractivity contribution is 6.09. The van der Waals surface area contributed by atoms with Crippen LogP contribution in [0, 0.1) is 5.92 Å². The number of aliphatic hydroxyl groups is 1. The fraction of sp³-hybridized carbons (Fsp3) is 0.471. The van der Waals surface area contributed by atoms with E-state index in [1.165, 1.54) is 37.8 Å². The molecule has 7 nitrogen and oxygen atoms in total. The van der Waals surface area contributed by atoms with Gasteiger partial charge in [0.2, 0.25) is 0 Å². The van der Waals surface area contributed by atoms with E-state index in [4.69, 9.17) is 5.11 Å². The molecule has 2 fully saturated rings. The van der Waals surface area contributed by atoms with Crippen molar-refractivity contribution in [2.45, 2.75) is 71.8 Å². The Bertz CT molecular complexity index is 1300. The van der Waals surface area contributed by atoms with Crippen LogP contribution < -0.4 is 0 Å². The summed E-state index contributed by atoms with van der Waals surface area (Å²) in [4.78, 5) is 15.5. The van der Waals surface area contributed by atoms with E-state index >= 15 is 0 Å². The van der Waals surface area contributed by atoms with Gasteiger partial charge in [-0.05, 0) is 68.6 Å². The first kappa shape index (κ1) is 31.9. The summed E-state index contributed by atoms with van der Waals surface area (Å²) in [5.41, 5.74) is 6.73. The van der Waals surface area contributed by atoms with Gasteiger partial charge in [-0.3, -0.25) is 9.67 Å². The summed E-state index contributed by atoms with van der Waals surface area (Å²) in [6, 6.07) is 8.16. The van der Waals surface area contributed by atoms with Crippen molar-refractivity contribution in [2.75, 3.05) is 20.2 Å². The number of rotatable bonds is 6. The third kappa shape index (κ3) is 8.00. The minimum Gasteiger partial charge on any atom is -0.395 e. The maximum Gasteiger partial charge on any atom is 0.159 e. The molecule has 7 heteroatoms. The van der Waals surface area contributed by atoms with Crippen LogP contribution in [-0.2, 0) is 7.05 Å². The van der Waals surface area contributed by atoms with Crippen LogP contribution in [0.25, 0.3) is 28.1 Å². The van der Waals surface area contributed by atoms with E-state index in [0.29, 0.717) is 11.4 Å². The second-order valence-electron chi connectivity index (χ2n) is 10.8. The highest BCUT2D eigenvalue weighted by Gasteiger charge is 2.43. The maximum absolute atomic E-state index is 9.13. The molecule has 220 valence electrons. The first-order valence-electron chi connectivity index (χ1n) is 15.0. The van der Waals surface area contributed by atoms with Gasteiger partial charge in [0.25, 0.3) is 0 Å². The quantitative estimate of drug-likeness (QED) is 0.325. The summed E-state index contributed by atoms with van der Waals surface area (Å²) in [6.45, 7) is 13.5. The Morgan fingerprint density at radius 1 is 1.10 bits per heavy atom. The molecule has 1 saturated carbocycles. The van der Waals surface area contributed by atoms with Crippen molar-refractivity contribution in [3.63, 3.8) is 0 Å². The second-order valence-corrected chi connectivity index (χ2v) is 10.8. The van der Waals surface area contributed by atoms with Gasteiger partial charge in [0.05, 0.1) is 12.8 Å². The van der Waals surface area contributed by atoms with Gasteiger partial charge in [-0.15, -0.1) is 0 Å². The number of allylic oxidation sites excluding steroid dienone is 3. The number of hydrogen-bond acceptors (Lipinski definition) is 6. The Labute approximate surface area is 246 Å². The number of likely N-dealkylation sites (tertiary alicyclic amines) is 1. The fourth-order valence-electron chi connectivity index (χ4n) is 5.79. The SMILES string of the molecule is C/C=C(\C=NC)c1cnc(-c2cccc(-c3cnn(C)c3)c2)nc1.C=C1CCC2(CCC(C)CC2)N1CCO.CC. The van der Waals surface area contributed by atoms with Gasteiger partial charge in [0.15, 0.2) is 5.82 Å². The smallest absolute Gasteiger partial charge is 0.159 e. The van der Waals surface area contributed by atoms with Crippen molar-refractivity contribution in [1.29, 1.82) is 0 Å². The number of aromatic nitrogens is 4. The normalized spacial score (nSPS) is 20.6. The van der Waals surface area contributed by atoms with Gasteiger partial charge in [-0.2, -0.15) is 5.10 Å². The first-order valence-corrected chi connectivity index (χ1v) is 15.0. The summed E-state index contributed by atoms with van der Waals surface area (Å²) in [6.07, 6.45) is 19.0. The third-order valence-corrected chi connectivity index (χ3v) is 8.09. The molecule has 5 rings (SSSR count). The topological polar surface area (TPSA) is 79.4 Å². The number of nitrogens with zero attached hydrogens (tertiary/aromatic N) is 6. The highest BCUT2D eigenvalue weighted by atomic mass is 16.3. The number of hydrogen-bond donors (Lipinski definition) is 1. The van der Waals surface area contributed by atoms with Crippen LogP contribution in [0.3, 0.4) is 0 Å². The molecule has 0 bridgehead atoms. The summed E-state index contributed by atoms with van der Waals surface area (Å²) >= 11 is 0. The first-order chi connectivity index (χ1) is 19.9. The van der Waals surface area contributed by atoms with E-state index in [-0.39, 0.29) is 6.61 Å². The van der Waals surface area contributed by atoms with Crippen molar-refractivity contribution >= 4 is 11.8 Å². The van der Waals surface area contributed by atoms with E-state index in [2.05, 4.69) is 50.6 Å². The molecule has 1 aliphatic carbocycles. The molecule has 3 aromatic rings. The summed E-state index contributed by atoms with van der Waals surface area (Å²) in [5, 5.41) is 13.3. The van der Waals surface area contributed by atoms with Gasteiger partial charge in [-0.25, -0.2) is 9.97 Å². The lowest BCUT2D eigenvalue weighted by atomic mass is 9.75. The second kappa shape index (κ2) is 15.4. The van der Waals surface area contributed by atoms with Crippen molar-refractivity contribution in [3.8, 4) is 22.5 Å². The fourth-order valence-corrected chi connectivity index (χ4v) is 5.79. The number of aliphatic imine (C=N–C) groups is 1. The largest absolute Gasteiger partial charge is 0.395 e. The Kier molecular flexibility index (Phi) is 12.0. The lowest BCUT2D eigenvalue weighted by molar-refractivity contribution is 0.0789. The van der Waals surface area contributed by atoms with Crippen LogP contribution in [0.2, 0.25) is 0 Å². The lowest BCUT2D eigenvalue weighted by Crippen LogP contribution is -2.46. The molecule has 3 heterocycles. The van der Waals surface area contributed by atoms with Crippen LogP contribution in [0.15, 0.2) is 72.4 Å². The summed E-state index contributed by atoms with van der Waals surface area (Å²) in [7, 11) is 3.66. The van der Waals surface area contributed by atoms with Gasteiger partial charge in [0.1, 0.15) is 0 Å². The van der Waals surface area contributed by atoms with E-state index in [1.807, 2.05) is 70.8 Å². The minimum absolute atomic E-state index is 0.260. The van der Waals surface area contributed by atoms with Crippen molar-refractivity contribution in [1.82, 2.24) is 24.6 Å². The molecule has 0 unspecified atom stereocenters. The van der Waals surface area contributed by atoms with Crippen LogP contribution in [0.5, 0.6) is 0 Å². The molecule has 0 amide bonds. The zero-order valence-electron chi connectivity index (χ0n) is 25.8. The molecule has 1 N–H and O–H groups in total. The Hall–Kier alpha value is -3.58. The Balaban J connectivity index is 0.000000233. The lowest BCUT2D eigenvalue weighted by Gasteiger charge is -2.44. The van der Waals surface area contributed by atoms with Crippen molar-refractivity contribution < 1.29 is 5.11 Å². The average molecular weight is 557 g/mol. The van der Waals surface area contributed by atoms with E-state index in [1.54, 1.807) is 17.9 Å². The predicted octanol–water partition coefficient (Wildman–Crippen LogP) is 7.21. The van der Waals surface area contributed by atoms with E-state index in [0.717, 1.165) is 46.7 Å².